The molecule has 3 rings (SSSR count). The van der Waals surface area contributed by atoms with Crippen LogP contribution in [0.1, 0.15) is 29.4 Å². The SMILES string of the molecule is CCOc1cccc(C(=O)N(C)CCCc2cc(-c3cccc(F)c3)n[nH]2)c1. The number of ether oxygens (including phenoxy) is 1. The Hall–Kier alpha value is -3.15. The van der Waals surface area contributed by atoms with Crippen LogP contribution in [0, 0.1) is 5.82 Å². The second-order valence-corrected chi connectivity index (χ2v) is 6.58. The van der Waals surface area contributed by atoms with Crippen molar-refractivity contribution in [2.75, 3.05) is 20.2 Å². The van der Waals surface area contributed by atoms with E-state index in [1.54, 1.807) is 30.1 Å². The molecule has 1 aromatic heterocycles. The Morgan fingerprint density at radius 3 is 2.79 bits per heavy atom. The van der Waals surface area contributed by atoms with E-state index in [9.17, 15) is 9.18 Å². The van der Waals surface area contributed by atoms with Crippen molar-refractivity contribution in [2.45, 2.75) is 19.8 Å². The predicted molar refractivity (Wildman–Crippen MR) is 107 cm³/mol. The van der Waals surface area contributed by atoms with Gasteiger partial charge in [0.25, 0.3) is 5.91 Å². The maximum atomic E-state index is 13.4. The summed E-state index contributed by atoms with van der Waals surface area (Å²) in [5, 5.41) is 7.24. The Morgan fingerprint density at radius 1 is 1.18 bits per heavy atom. The van der Waals surface area contributed by atoms with E-state index in [1.165, 1.54) is 12.1 Å². The first-order chi connectivity index (χ1) is 13.6. The lowest BCUT2D eigenvalue weighted by Crippen LogP contribution is -2.28. The van der Waals surface area contributed by atoms with E-state index in [4.69, 9.17) is 4.74 Å². The molecule has 0 bridgehead atoms. The van der Waals surface area contributed by atoms with Gasteiger partial charge in [-0.1, -0.05) is 18.2 Å². The van der Waals surface area contributed by atoms with Gasteiger partial charge < -0.3 is 9.64 Å². The van der Waals surface area contributed by atoms with Crippen molar-refractivity contribution in [2.24, 2.45) is 0 Å². The molecule has 0 fully saturated rings. The number of amides is 1. The van der Waals surface area contributed by atoms with E-state index in [1.807, 2.05) is 31.2 Å². The zero-order chi connectivity index (χ0) is 19.9. The van der Waals surface area contributed by atoms with E-state index in [-0.39, 0.29) is 11.7 Å². The number of carbonyl (C=O) groups excluding carboxylic acids is 1. The van der Waals surface area contributed by atoms with E-state index in [0.717, 1.165) is 24.1 Å². The number of aryl methyl sites for hydroxylation is 1. The molecule has 1 heterocycles. The Balaban J connectivity index is 1.53. The van der Waals surface area contributed by atoms with Crippen molar-refractivity contribution in [3.05, 3.63) is 71.7 Å². The van der Waals surface area contributed by atoms with Crippen LogP contribution in [0.5, 0.6) is 5.75 Å². The average Bonchev–Trinajstić information content (AvgIpc) is 3.17. The predicted octanol–water partition coefficient (Wildman–Crippen LogP) is 4.32. The Kier molecular flexibility index (Phi) is 6.42. The maximum Gasteiger partial charge on any atom is 0.253 e. The van der Waals surface area contributed by atoms with Crippen molar-refractivity contribution in [1.29, 1.82) is 0 Å². The van der Waals surface area contributed by atoms with E-state index in [0.29, 0.717) is 30.2 Å². The standard InChI is InChI=1S/C22H24FN3O2/c1-3-28-20-11-5-8-17(14-20)22(27)26(2)12-6-10-19-15-21(25-24-19)16-7-4-9-18(23)13-16/h4-5,7-9,11,13-15H,3,6,10,12H2,1-2H3,(H,24,25). The van der Waals surface area contributed by atoms with Crippen LogP contribution in [-0.4, -0.2) is 41.2 Å². The van der Waals surface area contributed by atoms with Gasteiger partial charge in [-0.3, -0.25) is 9.89 Å². The highest BCUT2D eigenvalue weighted by molar-refractivity contribution is 5.94. The molecule has 1 N–H and O–H groups in total. The number of halogens is 1. The molecule has 0 atom stereocenters. The Bertz CT molecular complexity index is 939. The highest BCUT2D eigenvalue weighted by Crippen LogP contribution is 2.19. The fraction of sp³-hybridized carbons (Fsp3) is 0.273. The molecular weight excluding hydrogens is 357 g/mol. The minimum absolute atomic E-state index is 0.0355. The van der Waals surface area contributed by atoms with Crippen molar-refractivity contribution in [3.8, 4) is 17.0 Å². The molecule has 0 aliphatic rings. The van der Waals surface area contributed by atoms with Crippen LogP contribution in [-0.2, 0) is 6.42 Å². The minimum Gasteiger partial charge on any atom is -0.494 e. The summed E-state index contributed by atoms with van der Waals surface area (Å²) in [7, 11) is 1.79. The molecule has 2 aromatic carbocycles. The number of carbonyl (C=O) groups is 1. The van der Waals surface area contributed by atoms with Crippen LogP contribution >= 0.6 is 0 Å². The first-order valence-corrected chi connectivity index (χ1v) is 9.35. The number of rotatable bonds is 8. The zero-order valence-electron chi connectivity index (χ0n) is 16.1. The lowest BCUT2D eigenvalue weighted by Gasteiger charge is -2.17. The molecule has 0 radical (unpaired) electrons. The van der Waals surface area contributed by atoms with Crippen LogP contribution in [0.2, 0.25) is 0 Å². The average molecular weight is 381 g/mol. The first kappa shape index (κ1) is 19.6. The van der Waals surface area contributed by atoms with Crippen LogP contribution in [0.25, 0.3) is 11.3 Å². The molecule has 28 heavy (non-hydrogen) atoms. The lowest BCUT2D eigenvalue weighted by molar-refractivity contribution is 0.0793. The third-order valence-corrected chi connectivity index (χ3v) is 4.43. The van der Waals surface area contributed by atoms with Crippen molar-refractivity contribution in [3.63, 3.8) is 0 Å². The van der Waals surface area contributed by atoms with Gasteiger partial charge in [-0.15, -0.1) is 0 Å². The molecule has 3 aromatic rings. The van der Waals surface area contributed by atoms with Gasteiger partial charge >= 0.3 is 0 Å². The molecule has 5 nitrogen and oxygen atoms in total. The van der Waals surface area contributed by atoms with Crippen molar-refractivity contribution in [1.82, 2.24) is 15.1 Å². The molecule has 0 spiro atoms. The topological polar surface area (TPSA) is 58.2 Å². The number of hydrogen-bond donors (Lipinski definition) is 1. The summed E-state index contributed by atoms with van der Waals surface area (Å²) in [5.41, 5.74) is 3.03. The van der Waals surface area contributed by atoms with Gasteiger partial charge in [-0.2, -0.15) is 5.10 Å². The third kappa shape index (κ3) is 4.97. The third-order valence-electron chi connectivity index (χ3n) is 4.43. The smallest absolute Gasteiger partial charge is 0.253 e. The zero-order valence-corrected chi connectivity index (χ0v) is 16.1. The number of nitrogens with one attached hydrogen (secondary N) is 1. The summed E-state index contributed by atoms with van der Waals surface area (Å²) in [4.78, 5) is 14.3. The van der Waals surface area contributed by atoms with Crippen LogP contribution in [0.15, 0.2) is 54.6 Å². The largest absolute Gasteiger partial charge is 0.494 e. The van der Waals surface area contributed by atoms with Crippen LogP contribution in [0.3, 0.4) is 0 Å². The van der Waals surface area contributed by atoms with Gasteiger partial charge in [0.1, 0.15) is 11.6 Å². The van der Waals surface area contributed by atoms with Crippen LogP contribution < -0.4 is 4.74 Å². The van der Waals surface area contributed by atoms with Gasteiger partial charge in [0.05, 0.1) is 12.3 Å². The Morgan fingerprint density at radius 2 is 2.00 bits per heavy atom. The van der Waals surface area contributed by atoms with Crippen molar-refractivity contribution < 1.29 is 13.9 Å². The fourth-order valence-electron chi connectivity index (χ4n) is 3.00. The molecule has 0 saturated carbocycles. The molecule has 6 heteroatoms. The summed E-state index contributed by atoms with van der Waals surface area (Å²) in [5.74, 6) is 0.381. The van der Waals surface area contributed by atoms with Gasteiger partial charge in [-0.05, 0) is 56.2 Å². The second kappa shape index (κ2) is 9.17. The highest BCUT2D eigenvalue weighted by Gasteiger charge is 2.12. The van der Waals surface area contributed by atoms with Gasteiger partial charge in [0.15, 0.2) is 0 Å². The highest BCUT2D eigenvalue weighted by atomic mass is 19.1. The van der Waals surface area contributed by atoms with E-state index < -0.39 is 0 Å². The van der Waals surface area contributed by atoms with Gasteiger partial charge in [-0.25, -0.2) is 4.39 Å². The van der Waals surface area contributed by atoms with E-state index in [2.05, 4.69) is 10.2 Å². The lowest BCUT2D eigenvalue weighted by atomic mass is 10.1. The molecule has 0 saturated heterocycles. The number of nitrogens with zero attached hydrogens (tertiary/aromatic N) is 2. The molecule has 0 aliphatic carbocycles. The molecular formula is C22H24FN3O2. The maximum absolute atomic E-state index is 13.4. The molecule has 1 amide bonds. The molecule has 0 aliphatic heterocycles. The normalized spacial score (nSPS) is 10.7. The number of aromatic amines is 1. The summed E-state index contributed by atoms with van der Waals surface area (Å²) in [6.45, 7) is 3.09. The quantitative estimate of drug-likeness (QED) is 0.632. The number of H-pyrrole nitrogens is 1. The second-order valence-electron chi connectivity index (χ2n) is 6.58. The number of hydrogen-bond acceptors (Lipinski definition) is 3. The summed E-state index contributed by atoms with van der Waals surface area (Å²) in [6, 6.07) is 15.5. The minimum atomic E-state index is -0.282. The van der Waals surface area contributed by atoms with Gasteiger partial charge in [0, 0.05) is 30.4 Å². The van der Waals surface area contributed by atoms with Crippen molar-refractivity contribution >= 4 is 5.91 Å². The monoisotopic (exact) mass is 381 g/mol. The number of benzene rings is 2. The Labute approximate surface area is 164 Å². The van der Waals surface area contributed by atoms with Crippen LogP contribution in [0.4, 0.5) is 4.39 Å². The summed E-state index contributed by atoms with van der Waals surface area (Å²) in [6.07, 6.45) is 1.54. The first-order valence-electron chi connectivity index (χ1n) is 9.35. The van der Waals surface area contributed by atoms with Gasteiger partial charge in [0.2, 0.25) is 0 Å². The van der Waals surface area contributed by atoms with E-state index >= 15 is 0 Å². The fourth-order valence-corrected chi connectivity index (χ4v) is 3.00. The molecule has 146 valence electrons. The summed E-state index contributed by atoms with van der Waals surface area (Å²) >= 11 is 0. The summed E-state index contributed by atoms with van der Waals surface area (Å²) < 4.78 is 18.8. The number of aromatic nitrogens is 2. The molecule has 0 unspecified atom stereocenters.